The Morgan fingerprint density at radius 3 is 2.50 bits per heavy atom. The number of halogens is 2. The Morgan fingerprint density at radius 2 is 2.00 bits per heavy atom. The molecule has 1 aromatic carbocycles. The van der Waals surface area contributed by atoms with E-state index in [0.717, 1.165) is 5.56 Å². The predicted molar refractivity (Wildman–Crippen MR) is 68.9 cm³/mol. The highest BCUT2D eigenvalue weighted by molar-refractivity contribution is 6.16. The van der Waals surface area contributed by atoms with Gasteiger partial charge in [-0.3, -0.25) is 9.59 Å². The Balaban J connectivity index is 2.51. The van der Waals surface area contributed by atoms with Crippen molar-refractivity contribution in [3.63, 3.8) is 0 Å². The van der Waals surface area contributed by atoms with Gasteiger partial charge in [-0.05, 0) is 31.9 Å². The van der Waals surface area contributed by atoms with Gasteiger partial charge in [-0.15, -0.1) is 0 Å². The molecule has 0 radical (unpaired) electrons. The summed E-state index contributed by atoms with van der Waals surface area (Å²) in [5.41, 5.74) is -0.946. The van der Waals surface area contributed by atoms with Crippen LogP contribution in [0.3, 0.4) is 0 Å². The molecular weight excluding hydrogens is 266 g/mol. The Bertz CT molecular complexity index is 566. The lowest BCUT2D eigenvalue weighted by molar-refractivity contribution is -0.164. The summed E-state index contributed by atoms with van der Waals surface area (Å²) in [7, 11) is 0. The zero-order valence-corrected chi connectivity index (χ0v) is 11.6. The number of esters is 1. The van der Waals surface area contributed by atoms with E-state index in [9.17, 15) is 18.4 Å². The van der Waals surface area contributed by atoms with Crippen LogP contribution < -0.4 is 0 Å². The molecule has 0 saturated heterocycles. The van der Waals surface area contributed by atoms with Gasteiger partial charge in [-0.2, -0.15) is 0 Å². The summed E-state index contributed by atoms with van der Waals surface area (Å²) < 4.78 is 31.9. The molecule has 1 unspecified atom stereocenters. The molecule has 108 valence electrons. The second-order valence-corrected chi connectivity index (χ2v) is 5.33. The number of aryl methyl sites for hydroxylation is 1. The predicted octanol–water partition coefficient (Wildman–Crippen LogP) is 2.94. The van der Waals surface area contributed by atoms with Crippen molar-refractivity contribution in [1.82, 2.24) is 0 Å². The maximum atomic E-state index is 13.5. The van der Waals surface area contributed by atoms with Crippen molar-refractivity contribution < 1.29 is 23.1 Å². The molecule has 3 nitrogen and oxygen atoms in total. The van der Waals surface area contributed by atoms with Crippen LogP contribution in [0.4, 0.5) is 8.78 Å². The van der Waals surface area contributed by atoms with Crippen LogP contribution in [0, 0.1) is 12.3 Å². The van der Waals surface area contributed by atoms with E-state index in [0.29, 0.717) is 5.56 Å². The van der Waals surface area contributed by atoms with Crippen molar-refractivity contribution in [3.8, 4) is 0 Å². The Hall–Kier alpha value is -1.78. The molecular formula is C15H16F2O3. The highest BCUT2D eigenvalue weighted by Crippen LogP contribution is 2.43. The zero-order valence-electron chi connectivity index (χ0n) is 11.6. The van der Waals surface area contributed by atoms with Crippen LogP contribution in [-0.4, -0.2) is 24.3 Å². The first-order valence-corrected chi connectivity index (χ1v) is 6.43. The Kier molecular flexibility index (Phi) is 3.63. The number of hydrogen-bond acceptors (Lipinski definition) is 3. The van der Waals surface area contributed by atoms with E-state index >= 15 is 0 Å². The van der Waals surface area contributed by atoms with E-state index in [1.54, 1.807) is 32.9 Å². The van der Waals surface area contributed by atoms with Gasteiger partial charge in [-0.1, -0.05) is 18.2 Å². The van der Waals surface area contributed by atoms with E-state index in [4.69, 9.17) is 4.74 Å². The number of carbonyl (C=O) groups is 2. The van der Waals surface area contributed by atoms with Crippen molar-refractivity contribution in [1.29, 1.82) is 0 Å². The third kappa shape index (κ3) is 2.01. The van der Waals surface area contributed by atoms with Gasteiger partial charge in [0, 0.05) is 12.0 Å². The third-order valence-corrected chi connectivity index (χ3v) is 3.60. The second kappa shape index (κ2) is 4.96. The molecule has 0 heterocycles. The summed E-state index contributed by atoms with van der Waals surface area (Å²) in [4.78, 5) is 24.4. The molecule has 20 heavy (non-hydrogen) atoms. The fraction of sp³-hybridized carbons (Fsp3) is 0.467. The molecule has 0 N–H and O–H groups in total. The lowest BCUT2D eigenvalue weighted by Crippen LogP contribution is -2.45. The first-order chi connectivity index (χ1) is 9.30. The first-order valence-electron chi connectivity index (χ1n) is 6.43. The minimum absolute atomic E-state index is 0.200. The molecule has 0 saturated carbocycles. The number of Topliss-reactive ketones (excluding diaryl/α,β-unsaturated/α-hetero) is 1. The quantitative estimate of drug-likeness (QED) is 0.632. The highest BCUT2D eigenvalue weighted by Gasteiger charge is 2.59. The molecule has 0 aromatic heterocycles. The summed E-state index contributed by atoms with van der Waals surface area (Å²) in [6.07, 6.45) is -3.93. The number of rotatable bonds is 3. The molecule has 0 aliphatic heterocycles. The molecule has 1 aliphatic carbocycles. The SMILES string of the molecule is Cc1cccc2c1CC(C(=O)OC(C)C)(C(F)F)C2=O. The van der Waals surface area contributed by atoms with Gasteiger partial charge >= 0.3 is 5.97 Å². The number of carbonyl (C=O) groups excluding carboxylic acids is 2. The van der Waals surface area contributed by atoms with E-state index in [-0.39, 0.29) is 12.0 Å². The van der Waals surface area contributed by atoms with Gasteiger partial charge in [-0.25, -0.2) is 8.78 Å². The smallest absolute Gasteiger partial charge is 0.326 e. The number of hydrogen-bond donors (Lipinski definition) is 0. The molecule has 1 aromatic rings. The molecule has 0 amide bonds. The summed E-state index contributed by atoms with van der Waals surface area (Å²) in [5, 5.41) is 0. The Morgan fingerprint density at radius 1 is 1.35 bits per heavy atom. The van der Waals surface area contributed by atoms with E-state index in [1.807, 2.05) is 0 Å². The molecule has 1 atom stereocenters. The lowest BCUT2D eigenvalue weighted by Gasteiger charge is -2.25. The van der Waals surface area contributed by atoms with Crippen LogP contribution in [0.5, 0.6) is 0 Å². The van der Waals surface area contributed by atoms with Crippen molar-refractivity contribution in [2.75, 3.05) is 0 Å². The minimum Gasteiger partial charge on any atom is -0.462 e. The number of ether oxygens (including phenoxy) is 1. The normalized spacial score (nSPS) is 21.4. The van der Waals surface area contributed by atoms with Crippen LogP contribution in [0.2, 0.25) is 0 Å². The minimum atomic E-state index is -3.09. The average molecular weight is 282 g/mol. The van der Waals surface area contributed by atoms with Crippen molar-refractivity contribution in [2.24, 2.45) is 5.41 Å². The molecule has 5 heteroatoms. The topological polar surface area (TPSA) is 43.4 Å². The average Bonchev–Trinajstić information content (AvgIpc) is 2.65. The standard InChI is InChI=1S/C15H16F2O3/c1-8(2)20-14(19)15(13(16)17)7-11-9(3)5-4-6-10(11)12(15)18/h4-6,8,13H,7H2,1-3H3. The number of fused-ring (bicyclic) bond motifs is 1. The number of alkyl halides is 2. The molecule has 0 bridgehead atoms. The monoisotopic (exact) mass is 282 g/mol. The molecule has 2 rings (SSSR count). The maximum absolute atomic E-state index is 13.5. The van der Waals surface area contributed by atoms with Crippen molar-refractivity contribution >= 4 is 11.8 Å². The van der Waals surface area contributed by atoms with Gasteiger partial charge < -0.3 is 4.74 Å². The third-order valence-electron chi connectivity index (χ3n) is 3.60. The van der Waals surface area contributed by atoms with Crippen LogP contribution in [-0.2, 0) is 16.0 Å². The Labute approximate surface area is 115 Å². The fourth-order valence-corrected chi connectivity index (χ4v) is 2.50. The summed E-state index contributed by atoms with van der Waals surface area (Å²) >= 11 is 0. The fourth-order valence-electron chi connectivity index (χ4n) is 2.50. The second-order valence-electron chi connectivity index (χ2n) is 5.33. The van der Waals surface area contributed by atoms with E-state index in [1.165, 1.54) is 6.07 Å². The molecule has 0 spiro atoms. The summed E-state index contributed by atoms with van der Waals surface area (Å²) in [6.45, 7) is 4.87. The van der Waals surface area contributed by atoms with Crippen LogP contribution >= 0.6 is 0 Å². The van der Waals surface area contributed by atoms with Crippen LogP contribution in [0.15, 0.2) is 18.2 Å². The first kappa shape index (κ1) is 14.6. The lowest BCUT2D eigenvalue weighted by atomic mass is 9.84. The summed E-state index contributed by atoms with van der Waals surface area (Å²) in [6, 6.07) is 4.85. The van der Waals surface area contributed by atoms with E-state index in [2.05, 4.69) is 0 Å². The van der Waals surface area contributed by atoms with Crippen LogP contribution in [0.1, 0.15) is 35.3 Å². The number of ketones is 1. The van der Waals surface area contributed by atoms with Crippen LogP contribution in [0.25, 0.3) is 0 Å². The maximum Gasteiger partial charge on any atom is 0.326 e. The highest BCUT2D eigenvalue weighted by atomic mass is 19.3. The molecule has 1 aliphatic rings. The van der Waals surface area contributed by atoms with Gasteiger partial charge in [0.1, 0.15) is 0 Å². The summed E-state index contributed by atoms with van der Waals surface area (Å²) in [5.74, 6) is -1.97. The van der Waals surface area contributed by atoms with Crippen molar-refractivity contribution in [2.45, 2.75) is 39.7 Å². The van der Waals surface area contributed by atoms with Crippen molar-refractivity contribution in [3.05, 3.63) is 34.9 Å². The van der Waals surface area contributed by atoms with Gasteiger partial charge in [0.05, 0.1) is 6.10 Å². The number of benzene rings is 1. The van der Waals surface area contributed by atoms with E-state index < -0.39 is 29.7 Å². The largest absolute Gasteiger partial charge is 0.462 e. The van der Waals surface area contributed by atoms with Gasteiger partial charge in [0.25, 0.3) is 6.43 Å². The zero-order chi connectivity index (χ0) is 15.1. The molecule has 0 fully saturated rings. The van der Waals surface area contributed by atoms with Gasteiger partial charge in [0.2, 0.25) is 0 Å². The van der Waals surface area contributed by atoms with Gasteiger partial charge in [0.15, 0.2) is 11.2 Å².